The lowest BCUT2D eigenvalue weighted by molar-refractivity contribution is 0.103. The molecule has 0 aliphatic heterocycles. The van der Waals surface area contributed by atoms with Gasteiger partial charge >= 0.3 is 0 Å². The number of rotatable bonds is 4. The van der Waals surface area contributed by atoms with Gasteiger partial charge in [-0.2, -0.15) is 0 Å². The zero-order chi connectivity index (χ0) is 14.7. The molecule has 4 heteroatoms. The average molecular weight is 309 g/mol. The van der Waals surface area contributed by atoms with Crippen LogP contribution >= 0.6 is 23.2 Å². The third-order valence-corrected chi connectivity index (χ3v) is 3.50. The molecule has 2 nitrogen and oxygen atoms in total. The predicted octanol–water partition coefficient (Wildman–Crippen LogP) is 5.01. The number of carbonyl (C=O) groups excluding carboxylic acids is 1. The van der Waals surface area contributed by atoms with Gasteiger partial charge in [0.2, 0.25) is 0 Å². The number of carbonyl (C=O) groups is 1. The first-order chi connectivity index (χ1) is 9.49. The van der Waals surface area contributed by atoms with Gasteiger partial charge in [0.05, 0.1) is 16.1 Å². The Hall–Kier alpha value is -1.51. The molecular formula is C16H14Cl2O2. The van der Waals surface area contributed by atoms with Gasteiger partial charge in [-0.3, -0.25) is 4.79 Å². The van der Waals surface area contributed by atoms with Crippen LogP contribution in [0.15, 0.2) is 42.5 Å². The highest BCUT2D eigenvalue weighted by atomic mass is 35.5. The topological polar surface area (TPSA) is 26.3 Å². The first kappa shape index (κ1) is 14.9. The highest BCUT2D eigenvalue weighted by Gasteiger charge is 2.14. The van der Waals surface area contributed by atoms with E-state index in [0.29, 0.717) is 16.1 Å². The van der Waals surface area contributed by atoms with Gasteiger partial charge in [-0.1, -0.05) is 29.3 Å². The molecular weight excluding hydrogens is 295 g/mol. The second-order valence-corrected chi connectivity index (χ2v) is 5.41. The Morgan fingerprint density at radius 3 is 2.30 bits per heavy atom. The van der Waals surface area contributed by atoms with Crippen LogP contribution in [0.2, 0.25) is 10.0 Å². The Morgan fingerprint density at radius 2 is 1.70 bits per heavy atom. The highest BCUT2D eigenvalue weighted by Crippen LogP contribution is 2.27. The van der Waals surface area contributed by atoms with Crippen molar-refractivity contribution in [2.75, 3.05) is 0 Å². The molecule has 0 amide bonds. The Labute approximate surface area is 128 Å². The zero-order valence-electron chi connectivity index (χ0n) is 11.2. The number of hydrogen-bond acceptors (Lipinski definition) is 2. The van der Waals surface area contributed by atoms with E-state index in [-0.39, 0.29) is 16.9 Å². The van der Waals surface area contributed by atoms with Crippen LogP contribution in [0, 0.1) is 0 Å². The summed E-state index contributed by atoms with van der Waals surface area (Å²) in [6.45, 7) is 3.90. The van der Waals surface area contributed by atoms with E-state index in [1.165, 1.54) is 0 Å². The summed E-state index contributed by atoms with van der Waals surface area (Å²) in [5, 5.41) is 0.652. The van der Waals surface area contributed by atoms with Crippen molar-refractivity contribution in [2.24, 2.45) is 0 Å². The monoisotopic (exact) mass is 308 g/mol. The molecule has 0 aliphatic carbocycles. The van der Waals surface area contributed by atoms with E-state index in [0.717, 1.165) is 5.75 Å². The van der Waals surface area contributed by atoms with E-state index in [4.69, 9.17) is 27.9 Å². The van der Waals surface area contributed by atoms with Gasteiger partial charge in [-0.05, 0) is 50.2 Å². The Kier molecular flexibility index (Phi) is 4.69. The van der Waals surface area contributed by atoms with E-state index in [1.54, 1.807) is 42.5 Å². The molecule has 0 heterocycles. The maximum atomic E-state index is 12.4. The molecule has 2 rings (SSSR count). The van der Waals surface area contributed by atoms with E-state index in [1.807, 2.05) is 13.8 Å². The molecule has 0 aromatic heterocycles. The molecule has 0 aliphatic rings. The molecule has 0 N–H and O–H groups in total. The van der Waals surface area contributed by atoms with Gasteiger partial charge < -0.3 is 4.74 Å². The summed E-state index contributed by atoms with van der Waals surface area (Å²) < 4.78 is 5.54. The van der Waals surface area contributed by atoms with Crippen molar-refractivity contribution >= 4 is 29.0 Å². The van der Waals surface area contributed by atoms with E-state index in [2.05, 4.69) is 0 Å². The molecule has 2 aromatic rings. The van der Waals surface area contributed by atoms with Crippen molar-refractivity contribution in [2.45, 2.75) is 20.0 Å². The number of halogens is 2. The molecule has 20 heavy (non-hydrogen) atoms. The predicted molar refractivity (Wildman–Crippen MR) is 82.1 cm³/mol. The molecule has 0 spiro atoms. The van der Waals surface area contributed by atoms with Crippen molar-refractivity contribution in [3.63, 3.8) is 0 Å². The normalized spacial score (nSPS) is 10.7. The average Bonchev–Trinajstić information content (AvgIpc) is 2.41. The van der Waals surface area contributed by atoms with Gasteiger partial charge in [-0.15, -0.1) is 0 Å². The molecule has 0 unspecified atom stereocenters. The molecule has 2 aromatic carbocycles. The first-order valence-electron chi connectivity index (χ1n) is 6.24. The second kappa shape index (κ2) is 6.29. The van der Waals surface area contributed by atoms with E-state index < -0.39 is 0 Å². The maximum Gasteiger partial charge on any atom is 0.194 e. The van der Waals surface area contributed by atoms with Gasteiger partial charge in [0.15, 0.2) is 5.78 Å². The van der Waals surface area contributed by atoms with Crippen LogP contribution in [0.25, 0.3) is 0 Å². The van der Waals surface area contributed by atoms with Crippen molar-refractivity contribution in [3.8, 4) is 5.75 Å². The van der Waals surface area contributed by atoms with Crippen molar-refractivity contribution < 1.29 is 9.53 Å². The minimum atomic E-state index is -0.159. The highest BCUT2D eigenvalue weighted by molar-refractivity contribution is 6.44. The summed E-state index contributed by atoms with van der Waals surface area (Å²) in [6, 6.07) is 12.0. The lowest BCUT2D eigenvalue weighted by atomic mass is 10.0. The standard InChI is InChI=1S/C16H14Cl2O2/c1-10(2)20-12-8-6-11(7-9-12)16(19)13-4-3-5-14(17)15(13)18/h3-10H,1-2H3. The number of ether oxygens (including phenoxy) is 1. The van der Waals surface area contributed by atoms with Gasteiger partial charge in [0, 0.05) is 11.1 Å². The van der Waals surface area contributed by atoms with Gasteiger partial charge in [0.1, 0.15) is 5.75 Å². The third kappa shape index (κ3) is 3.33. The van der Waals surface area contributed by atoms with Crippen LogP contribution in [0.1, 0.15) is 29.8 Å². The van der Waals surface area contributed by atoms with Crippen molar-refractivity contribution in [1.82, 2.24) is 0 Å². The second-order valence-electron chi connectivity index (χ2n) is 4.62. The number of ketones is 1. The Bertz CT molecular complexity index is 619. The Balaban J connectivity index is 2.27. The quantitative estimate of drug-likeness (QED) is 0.742. The first-order valence-corrected chi connectivity index (χ1v) is 7.00. The molecule has 0 atom stereocenters. The minimum absolute atomic E-state index is 0.0962. The van der Waals surface area contributed by atoms with Crippen LogP contribution in [-0.4, -0.2) is 11.9 Å². The zero-order valence-corrected chi connectivity index (χ0v) is 12.7. The maximum absolute atomic E-state index is 12.4. The lowest BCUT2D eigenvalue weighted by Crippen LogP contribution is -2.06. The molecule has 0 radical (unpaired) electrons. The number of benzene rings is 2. The number of hydrogen-bond donors (Lipinski definition) is 0. The van der Waals surface area contributed by atoms with Gasteiger partial charge in [0.25, 0.3) is 0 Å². The van der Waals surface area contributed by atoms with Crippen LogP contribution in [0.4, 0.5) is 0 Å². The lowest BCUT2D eigenvalue weighted by Gasteiger charge is -2.10. The summed E-state index contributed by atoms with van der Waals surface area (Å²) in [5.41, 5.74) is 0.946. The SMILES string of the molecule is CC(C)Oc1ccc(C(=O)c2cccc(Cl)c2Cl)cc1. The fourth-order valence-corrected chi connectivity index (χ4v) is 2.18. The van der Waals surface area contributed by atoms with Crippen molar-refractivity contribution in [1.29, 1.82) is 0 Å². The fraction of sp³-hybridized carbons (Fsp3) is 0.188. The molecule has 0 bridgehead atoms. The largest absolute Gasteiger partial charge is 0.491 e. The van der Waals surface area contributed by atoms with Crippen LogP contribution in [-0.2, 0) is 0 Å². The summed E-state index contributed by atoms with van der Waals surface area (Å²) in [5.74, 6) is 0.572. The van der Waals surface area contributed by atoms with E-state index in [9.17, 15) is 4.79 Å². The van der Waals surface area contributed by atoms with E-state index >= 15 is 0 Å². The van der Waals surface area contributed by atoms with Crippen LogP contribution < -0.4 is 4.74 Å². The molecule has 0 saturated carbocycles. The smallest absolute Gasteiger partial charge is 0.194 e. The summed E-state index contributed by atoms with van der Waals surface area (Å²) >= 11 is 12.0. The van der Waals surface area contributed by atoms with Crippen molar-refractivity contribution in [3.05, 3.63) is 63.6 Å². The molecule has 0 saturated heterocycles. The summed E-state index contributed by atoms with van der Waals surface area (Å²) in [4.78, 5) is 12.4. The summed E-state index contributed by atoms with van der Waals surface area (Å²) in [7, 11) is 0. The summed E-state index contributed by atoms with van der Waals surface area (Å²) in [6.07, 6.45) is 0.0962. The third-order valence-electron chi connectivity index (χ3n) is 2.68. The van der Waals surface area contributed by atoms with Gasteiger partial charge in [-0.25, -0.2) is 0 Å². The van der Waals surface area contributed by atoms with Crippen LogP contribution in [0.3, 0.4) is 0 Å². The molecule has 104 valence electrons. The fourth-order valence-electron chi connectivity index (χ4n) is 1.79. The Morgan fingerprint density at radius 1 is 1.05 bits per heavy atom. The minimum Gasteiger partial charge on any atom is -0.491 e. The van der Waals surface area contributed by atoms with Crippen LogP contribution in [0.5, 0.6) is 5.75 Å². The molecule has 0 fully saturated rings.